The van der Waals surface area contributed by atoms with Crippen LogP contribution in [0.1, 0.15) is 28.3 Å². The van der Waals surface area contributed by atoms with Crippen molar-refractivity contribution in [3.8, 4) is 0 Å². The van der Waals surface area contributed by atoms with Crippen LogP contribution < -0.4 is 5.32 Å². The number of aryl methyl sites for hydroxylation is 2. The lowest BCUT2D eigenvalue weighted by atomic mass is 9.96. The first kappa shape index (κ1) is 14.6. The first-order valence-electron chi connectivity index (χ1n) is 6.33. The molecule has 2 aromatic carbocycles. The third kappa shape index (κ3) is 2.70. The molecule has 0 spiro atoms. The minimum atomic E-state index is -0.731. The predicted molar refractivity (Wildman–Crippen MR) is 73.1 cm³/mol. The van der Waals surface area contributed by atoms with Gasteiger partial charge in [0, 0.05) is 11.1 Å². The lowest BCUT2D eigenvalue weighted by molar-refractivity contribution is 0.534. The van der Waals surface area contributed by atoms with E-state index in [9.17, 15) is 13.2 Å². The molecule has 0 saturated heterocycles. The summed E-state index contributed by atoms with van der Waals surface area (Å²) in [6.45, 7) is 3.26. The van der Waals surface area contributed by atoms with Crippen molar-refractivity contribution in [2.24, 2.45) is 0 Å². The Morgan fingerprint density at radius 3 is 2.10 bits per heavy atom. The maximum Gasteiger partial charge on any atom is 0.128 e. The van der Waals surface area contributed by atoms with Gasteiger partial charge in [0.15, 0.2) is 0 Å². The second kappa shape index (κ2) is 5.67. The zero-order valence-electron chi connectivity index (χ0n) is 11.6. The first-order chi connectivity index (χ1) is 9.43. The SMILES string of the molecule is CNC(c1ccc(C)cc1F)c1cc(F)c(C)cc1F. The molecule has 0 radical (unpaired) electrons. The maximum absolute atomic E-state index is 14.0. The molecule has 2 aromatic rings. The maximum atomic E-state index is 14.0. The summed E-state index contributed by atoms with van der Waals surface area (Å²) in [4.78, 5) is 0. The molecule has 1 unspecified atom stereocenters. The van der Waals surface area contributed by atoms with Crippen molar-refractivity contribution >= 4 is 0 Å². The fraction of sp³-hybridized carbons (Fsp3) is 0.250. The molecular formula is C16H16F3N. The molecule has 0 aliphatic rings. The van der Waals surface area contributed by atoms with Crippen LogP contribution in [-0.2, 0) is 0 Å². The van der Waals surface area contributed by atoms with Gasteiger partial charge in [-0.05, 0) is 50.2 Å². The van der Waals surface area contributed by atoms with Gasteiger partial charge in [-0.2, -0.15) is 0 Å². The van der Waals surface area contributed by atoms with Crippen LogP contribution in [0, 0.1) is 31.3 Å². The molecule has 1 N–H and O–H groups in total. The van der Waals surface area contributed by atoms with Crippen LogP contribution in [0.3, 0.4) is 0 Å². The summed E-state index contributed by atoms with van der Waals surface area (Å²) < 4.78 is 41.7. The molecular weight excluding hydrogens is 263 g/mol. The topological polar surface area (TPSA) is 12.0 Å². The van der Waals surface area contributed by atoms with E-state index in [0.717, 1.165) is 17.7 Å². The molecule has 2 rings (SSSR count). The second-order valence-electron chi connectivity index (χ2n) is 4.87. The Labute approximate surface area is 116 Å². The van der Waals surface area contributed by atoms with E-state index in [1.807, 2.05) is 0 Å². The van der Waals surface area contributed by atoms with Crippen LogP contribution in [0.15, 0.2) is 30.3 Å². The van der Waals surface area contributed by atoms with Gasteiger partial charge in [0.25, 0.3) is 0 Å². The molecule has 0 aliphatic carbocycles. The molecule has 0 aromatic heterocycles. The Hall–Kier alpha value is -1.81. The van der Waals surface area contributed by atoms with Crippen LogP contribution >= 0.6 is 0 Å². The van der Waals surface area contributed by atoms with Crippen molar-refractivity contribution in [1.82, 2.24) is 5.32 Å². The highest BCUT2D eigenvalue weighted by atomic mass is 19.1. The summed E-state index contributed by atoms with van der Waals surface area (Å²) in [5, 5.41) is 2.84. The van der Waals surface area contributed by atoms with E-state index in [-0.39, 0.29) is 11.1 Å². The summed E-state index contributed by atoms with van der Waals surface area (Å²) in [6.07, 6.45) is 0. The van der Waals surface area contributed by atoms with E-state index in [1.54, 1.807) is 26.1 Å². The van der Waals surface area contributed by atoms with E-state index < -0.39 is 23.5 Å². The zero-order chi connectivity index (χ0) is 14.9. The molecule has 1 atom stereocenters. The van der Waals surface area contributed by atoms with E-state index in [2.05, 4.69) is 5.32 Å². The Morgan fingerprint density at radius 2 is 1.50 bits per heavy atom. The molecule has 0 aliphatic heterocycles. The summed E-state index contributed by atoms with van der Waals surface area (Å²) in [5.74, 6) is -1.50. The average molecular weight is 279 g/mol. The number of hydrogen-bond acceptors (Lipinski definition) is 1. The van der Waals surface area contributed by atoms with Crippen LogP contribution in [0.4, 0.5) is 13.2 Å². The monoisotopic (exact) mass is 279 g/mol. The minimum Gasteiger partial charge on any atom is -0.309 e. The average Bonchev–Trinajstić information content (AvgIpc) is 2.38. The van der Waals surface area contributed by atoms with E-state index in [1.165, 1.54) is 13.0 Å². The van der Waals surface area contributed by atoms with E-state index >= 15 is 0 Å². The largest absolute Gasteiger partial charge is 0.309 e. The number of rotatable bonds is 3. The molecule has 106 valence electrons. The Kier molecular flexibility index (Phi) is 4.14. The summed E-state index contributed by atoms with van der Waals surface area (Å²) in [5.41, 5.74) is 1.39. The number of halogens is 3. The Bertz CT molecular complexity index is 638. The van der Waals surface area contributed by atoms with E-state index in [4.69, 9.17) is 0 Å². The molecule has 1 nitrogen and oxygen atoms in total. The predicted octanol–water partition coefficient (Wildman–Crippen LogP) is 4.03. The quantitative estimate of drug-likeness (QED) is 0.894. The third-order valence-electron chi connectivity index (χ3n) is 3.34. The van der Waals surface area contributed by atoms with Crippen molar-refractivity contribution in [3.05, 3.63) is 70.0 Å². The molecule has 0 bridgehead atoms. The van der Waals surface area contributed by atoms with Crippen molar-refractivity contribution < 1.29 is 13.2 Å². The van der Waals surface area contributed by atoms with Gasteiger partial charge in [-0.15, -0.1) is 0 Å². The lowest BCUT2D eigenvalue weighted by Crippen LogP contribution is -2.20. The molecule has 0 amide bonds. The van der Waals surface area contributed by atoms with E-state index in [0.29, 0.717) is 5.56 Å². The van der Waals surface area contributed by atoms with Gasteiger partial charge in [-0.25, -0.2) is 13.2 Å². The van der Waals surface area contributed by atoms with Crippen molar-refractivity contribution in [2.75, 3.05) is 7.05 Å². The van der Waals surface area contributed by atoms with Gasteiger partial charge in [-0.3, -0.25) is 0 Å². The first-order valence-corrected chi connectivity index (χ1v) is 6.33. The van der Waals surface area contributed by atoms with Gasteiger partial charge in [0.2, 0.25) is 0 Å². The standard InChI is InChI=1S/C16H16F3N/c1-9-4-5-11(14(18)6-9)16(20-3)12-8-13(17)10(2)7-15(12)19/h4-8,16,20H,1-3H3. The molecule has 0 saturated carbocycles. The van der Waals surface area contributed by atoms with Gasteiger partial charge in [0.1, 0.15) is 17.5 Å². The number of nitrogens with one attached hydrogen (secondary N) is 1. The van der Waals surface area contributed by atoms with Crippen molar-refractivity contribution in [3.63, 3.8) is 0 Å². The summed E-state index contributed by atoms with van der Waals surface area (Å²) in [6, 6.07) is 6.22. The van der Waals surface area contributed by atoms with Crippen LogP contribution in [0.25, 0.3) is 0 Å². The smallest absolute Gasteiger partial charge is 0.128 e. The highest BCUT2D eigenvalue weighted by molar-refractivity contribution is 5.37. The molecule has 0 heterocycles. The van der Waals surface area contributed by atoms with Crippen LogP contribution in [0.2, 0.25) is 0 Å². The number of hydrogen-bond donors (Lipinski definition) is 1. The molecule has 20 heavy (non-hydrogen) atoms. The van der Waals surface area contributed by atoms with Crippen molar-refractivity contribution in [1.29, 1.82) is 0 Å². The lowest BCUT2D eigenvalue weighted by Gasteiger charge is -2.19. The van der Waals surface area contributed by atoms with Crippen LogP contribution in [0.5, 0.6) is 0 Å². The minimum absolute atomic E-state index is 0.0957. The Balaban J connectivity index is 2.55. The van der Waals surface area contributed by atoms with Crippen LogP contribution in [-0.4, -0.2) is 7.05 Å². The number of benzene rings is 2. The summed E-state index contributed by atoms with van der Waals surface area (Å²) in [7, 11) is 1.58. The van der Waals surface area contributed by atoms with Gasteiger partial charge in [0.05, 0.1) is 6.04 Å². The normalized spacial score (nSPS) is 12.5. The van der Waals surface area contributed by atoms with Crippen molar-refractivity contribution in [2.45, 2.75) is 19.9 Å². The second-order valence-corrected chi connectivity index (χ2v) is 4.87. The highest BCUT2D eigenvalue weighted by Gasteiger charge is 2.21. The highest BCUT2D eigenvalue weighted by Crippen LogP contribution is 2.28. The fourth-order valence-corrected chi connectivity index (χ4v) is 2.23. The van der Waals surface area contributed by atoms with Gasteiger partial charge >= 0.3 is 0 Å². The third-order valence-corrected chi connectivity index (χ3v) is 3.34. The summed E-state index contributed by atoms with van der Waals surface area (Å²) >= 11 is 0. The zero-order valence-corrected chi connectivity index (χ0v) is 11.6. The van der Waals surface area contributed by atoms with Gasteiger partial charge in [-0.1, -0.05) is 12.1 Å². The van der Waals surface area contributed by atoms with Gasteiger partial charge < -0.3 is 5.32 Å². The fourth-order valence-electron chi connectivity index (χ4n) is 2.23. The Morgan fingerprint density at radius 1 is 0.850 bits per heavy atom. The molecule has 0 fully saturated rings. The molecule has 4 heteroatoms.